The molecule has 0 aromatic rings. The fraction of sp³-hybridized carbons (Fsp3) is 0.700. The molecule has 0 bridgehead atoms. The van der Waals surface area contributed by atoms with E-state index in [4.69, 9.17) is 9.47 Å². The Hall–Kier alpha value is -0.870. The highest BCUT2D eigenvalue weighted by atomic mass is 16.5. The highest BCUT2D eigenvalue weighted by Crippen LogP contribution is 1.92. The first kappa shape index (κ1) is 13.1. The van der Waals surface area contributed by atoms with Crippen molar-refractivity contribution < 1.29 is 14.3 Å². The number of hydrogen-bond acceptors (Lipinski definition) is 3. The van der Waals surface area contributed by atoms with E-state index in [2.05, 4.69) is 0 Å². The van der Waals surface area contributed by atoms with Crippen LogP contribution in [0, 0.1) is 0 Å². The van der Waals surface area contributed by atoms with Gasteiger partial charge in [0.1, 0.15) is 0 Å². The standard InChI is InChI=1S/C10H19NO3/c1-4-5-10(12)11(6-8-13-2)7-9-14-3/h4-5H,6-9H2,1-3H3. The number of methoxy groups -OCH3 is 2. The van der Waals surface area contributed by atoms with Gasteiger partial charge < -0.3 is 14.4 Å². The molecule has 0 N–H and O–H groups in total. The molecule has 0 saturated carbocycles. The number of amides is 1. The second-order valence-corrected chi connectivity index (χ2v) is 2.81. The molecular weight excluding hydrogens is 182 g/mol. The van der Waals surface area contributed by atoms with Gasteiger partial charge in [-0.05, 0) is 13.0 Å². The third-order valence-corrected chi connectivity index (χ3v) is 1.75. The molecule has 0 atom stereocenters. The molecule has 0 aromatic carbocycles. The lowest BCUT2D eigenvalue weighted by Crippen LogP contribution is -2.35. The Labute approximate surface area is 85.5 Å². The van der Waals surface area contributed by atoms with E-state index in [9.17, 15) is 4.79 Å². The van der Waals surface area contributed by atoms with E-state index in [1.807, 2.05) is 6.92 Å². The first-order valence-electron chi connectivity index (χ1n) is 4.65. The minimum atomic E-state index is 0.00148. The minimum Gasteiger partial charge on any atom is -0.383 e. The van der Waals surface area contributed by atoms with Gasteiger partial charge in [-0.3, -0.25) is 4.79 Å². The summed E-state index contributed by atoms with van der Waals surface area (Å²) in [6, 6.07) is 0. The van der Waals surface area contributed by atoms with Gasteiger partial charge in [0.2, 0.25) is 5.91 Å². The van der Waals surface area contributed by atoms with Crippen LogP contribution < -0.4 is 0 Å². The highest BCUT2D eigenvalue weighted by molar-refractivity contribution is 5.87. The maximum absolute atomic E-state index is 11.5. The Balaban J connectivity index is 4.01. The molecule has 0 aliphatic rings. The van der Waals surface area contributed by atoms with Crippen LogP contribution in [-0.2, 0) is 14.3 Å². The van der Waals surface area contributed by atoms with Crippen molar-refractivity contribution in [3.63, 3.8) is 0 Å². The second kappa shape index (κ2) is 8.72. The third kappa shape index (κ3) is 5.72. The molecule has 0 unspecified atom stereocenters. The van der Waals surface area contributed by atoms with Crippen molar-refractivity contribution in [3.8, 4) is 0 Å². The molecule has 0 aliphatic heterocycles. The van der Waals surface area contributed by atoms with Crippen molar-refractivity contribution in [1.82, 2.24) is 4.90 Å². The van der Waals surface area contributed by atoms with E-state index in [1.54, 1.807) is 31.3 Å². The van der Waals surface area contributed by atoms with Crippen molar-refractivity contribution in [2.45, 2.75) is 6.92 Å². The van der Waals surface area contributed by atoms with E-state index < -0.39 is 0 Å². The van der Waals surface area contributed by atoms with E-state index >= 15 is 0 Å². The first-order chi connectivity index (χ1) is 6.76. The van der Waals surface area contributed by atoms with Crippen LogP contribution in [0.2, 0.25) is 0 Å². The average molecular weight is 201 g/mol. The molecule has 82 valence electrons. The van der Waals surface area contributed by atoms with Crippen LogP contribution in [0.25, 0.3) is 0 Å². The average Bonchev–Trinajstić information content (AvgIpc) is 2.18. The van der Waals surface area contributed by atoms with Gasteiger partial charge in [-0.2, -0.15) is 0 Å². The van der Waals surface area contributed by atoms with Gasteiger partial charge in [-0.25, -0.2) is 0 Å². The molecule has 0 aromatic heterocycles. The maximum atomic E-state index is 11.5. The Morgan fingerprint density at radius 3 is 2.07 bits per heavy atom. The zero-order valence-corrected chi connectivity index (χ0v) is 9.16. The number of carbonyl (C=O) groups excluding carboxylic acids is 1. The monoisotopic (exact) mass is 201 g/mol. The number of nitrogens with zero attached hydrogens (tertiary/aromatic N) is 1. The summed E-state index contributed by atoms with van der Waals surface area (Å²) >= 11 is 0. The molecule has 0 radical (unpaired) electrons. The van der Waals surface area contributed by atoms with Crippen LogP contribution in [0.4, 0.5) is 0 Å². The smallest absolute Gasteiger partial charge is 0.246 e. The zero-order chi connectivity index (χ0) is 10.8. The molecule has 4 heteroatoms. The number of hydrogen-bond donors (Lipinski definition) is 0. The van der Waals surface area contributed by atoms with E-state index in [0.717, 1.165) is 0 Å². The van der Waals surface area contributed by atoms with Crippen molar-refractivity contribution in [1.29, 1.82) is 0 Å². The van der Waals surface area contributed by atoms with Crippen LogP contribution in [-0.4, -0.2) is 51.3 Å². The number of rotatable bonds is 7. The third-order valence-electron chi connectivity index (χ3n) is 1.75. The SMILES string of the molecule is CC=CC(=O)N(CCOC)CCOC. The van der Waals surface area contributed by atoms with Gasteiger partial charge in [0.15, 0.2) is 0 Å². The molecule has 1 amide bonds. The summed E-state index contributed by atoms with van der Waals surface area (Å²) in [5.74, 6) is 0.00148. The first-order valence-corrected chi connectivity index (χ1v) is 4.65. The number of ether oxygens (including phenoxy) is 2. The summed E-state index contributed by atoms with van der Waals surface area (Å²) < 4.78 is 9.84. The van der Waals surface area contributed by atoms with Gasteiger partial charge in [-0.1, -0.05) is 6.08 Å². The minimum absolute atomic E-state index is 0.00148. The predicted molar refractivity (Wildman–Crippen MR) is 55.1 cm³/mol. The summed E-state index contributed by atoms with van der Waals surface area (Å²) in [6.07, 6.45) is 3.28. The summed E-state index contributed by atoms with van der Waals surface area (Å²) in [7, 11) is 3.24. The Morgan fingerprint density at radius 2 is 1.71 bits per heavy atom. The van der Waals surface area contributed by atoms with Crippen LogP contribution >= 0.6 is 0 Å². The fourth-order valence-corrected chi connectivity index (χ4v) is 0.983. The predicted octanol–water partition coefficient (Wildman–Crippen LogP) is 0.684. The lowest BCUT2D eigenvalue weighted by molar-refractivity contribution is -0.127. The zero-order valence-electron chi connectivity index (χ0n) is 9.16. The topological polar surface area (TPSA) is 38.8 Å². The second-order valence-electron chi connectivity index (χ2n) is 2.81. The van der Waals surface area contributed by atoms with Gasteiger partial charge in [0, 0.05) is 27.3 Å². The Morgan fingerprint density at radius 1 is 1.21 bits per heavy atom. The van der Waals surface area contributed by atoms with Gasteiger partial charge in [0.05, 0.1) is 13.2 Å². The van der Waals surface area contributed by atoms with E-state index in [0.29, 0.717) is 26.3 Å². The Kier molecular flexibility index (Phi) is 8.17. The molecule has 0 aliphatic carbocycles. The lowest BCUT2D eigenvalue weighted by Gasteiger charge is -2.20. The maximum Gasteiger partial charge on any atom is 0.246 e. The molecular formula is C10H19NO3. The Bertz CT molecular complexity index is 172. The summed E-state index contributed by atoms with van der Waals surface area (Å²) in [4.78, 5) is 13.2. The van der Waals surface area contributed by atoms with Crippen LogP contribution in [0.1, 0.15) is 6.92 Å². The summed E-state index contributed by atoms with van der Waals surface area (Å²) in [6.45, 7) is 4.12. The molecule has 0 saturated heterocycles. The molecule has 0 spiro atoms. The number of carbonyl (C=O) groups is 1. The lowest BCUT2D eigenvalue weighted by atomic mass is 10.4. The molecule has 4 nitrogen and oxygen atoms in total. The van der Waals surface area contributed by atoms with Gasteiger partial charge >= 0.3 is 0 Å². The summed E-state index contributed by atoms with van der Waals surface area (Å²) in [5, 5.41) is 0. The van der Waals surface area contributed by atoms with Gasteiger partial charge in [-0.15, -0.1) is 0 Å². The van der Waals surface area contributed by atoms with Gasteiger partial charge in [0.25, 0.3) is 0 Å². The quantitative estimate of drug-likeness (QED) is 0.569. The van der Waals surface area contributed by atoms with Crippen molar-refractivity contribution in [2.24, 2.45) is 0 Å². The molecule has 0 heterocycles. The van der Waals surface area contributed by atoms with Crippen molar-refractivity contribution in [2.75, 3.05) is 40.5 Å². The largest absolute Gasteiger partial charge is 0.383 e. The van der Waals surface area contributed by atoms with E-state index in [1.165, 1.54) is 0 Å². The van der Waals surface area contributed by atoms with Crippen molar-refractivity contribution in [3.05, 3.63) is 12.2 Å². The van der Waals surface area contributed by atoms with Crippen LogP contribution in [0.5, 0.6) is 0 Å². The summed E-state index contributed by atoms with van der Waals surface area (Å²) in [5.41, 5.74) is 0. The molecule has 0 rings (SSSR count). The molecule has 14 heavy (non-hydrogen) atoms. The van der Waals surface area contributed by atoms with Crippen LogP contribution in [0.3, 0.4) is 0 Å². The van der Waals surface area contributed by atoms with E-state index in [-0.39, 0.29) is 5.91 Å². The normalized spacial score (nSPS) is 10.8. The van der Waals surface area contributed by atoms with Crippen molar-refractivity contribution >= 4 is 5.91 Å². The number of allylic oxidation sites excluding steroid dienone is 1. The highest BCUT2D eigenvalue weighted by Gasteiger charge is 2.08. The molecule has 0 fully saturated rings. The fourth-order valence-electron chi connectivity index (χ4n) is 0.983. The van der Waals surface area contributed by atoms with Crippen LogP contribution in [0.15, 0.2) is 12.2 Å².